The summed E-state index contributed by atoms with van der Waals surface area (Å²) in [6.07, 6.45) is 3.83. The van der Waals surface area contributed by atoms with E-state index in [0.717, 1.165) is 40.7 Å². The Balaban J connectivity index is 1.21. The van der Waals surface area contributed by atoms with Crippen molar-refractivity contribution in [3.63, 3.8) is 0 Å². The Hall–Kier alpha value is -4.14. The van der Waals surface area contributed by atoms with Crippen molar-refractivity contribution < 1.29 is 28.4 Å². The average molecular weight is 727 g/mol. The van der Waals surface area contributed by atoms with Crippen molar-refractivity contribution >= 4 is 0 Å². The smallest absolute Gasteiger partial charge is 0.186 e. The Morgan fingerprint density at radius 3 is 1.57 bits per heavy atom. The fraction of sp³-hybridized carbons (Fsp3) is 0.375. The van der Waals surface area contributed by atoms with Gasteiger partial charge in [-0.2, -0.15) is 0 Å². The van der Waals surface area contributed by atoms with Gasteiger partial charge in [0.25, 0.3) is 0 Å². The fourth-order valence-corrected chi connectivity index (χ4v) is 7.58. The highest BCUT2D eigenvalue weighted by Crippen LogP contribution is 2.47. The molecule has 282 valence electrons. The Kier molecular flexibility index (Phi) is 14.1. The molecule has 1 fully saturated rings. The molecule has 0 radical (unpaired) electrons. The van der Waals surface area contributed by atoms with Crippen LogP contribution in [0.3, 0.4) is 0 Å². The number of benzene rings is 5. The number of ether oxygens (including phenoxy) is 6. The molecule has 0 N–H and O–H groups in total. The van der Waals surface area contributed by atoms with E-state index in [9.17, 15) is 0 Å². The van der Waals surface area contributed by atoms with E-state index in [0.29, 0.717) is 33.0 Å². The number of fused-ring (bicyclic) bond motifs is 3. The summed E-state index contributed by atoms with van der Waals surface area (Å²) in [7, 11) is 0. The normalized spacial score (nSPS) is 20.8. The average Bonchev–Trinajstić information content (AvgIpc) is 3.54. The van der Waals surface area contributed by atoms with Crippen LogP contribution in [0.25, 0.3) is 11.1 Å². The van der Waals surface area contributed by atoms with Crippen molar-refractivity contribution in [2.45, 2.75) is 102 Å². The molecule has 0 unspecified atom stereocenters. The van der Waals surface area contributed by atoms with Crippen LogP contribution >= 0.6 is 0 Å². The summed E-state index contributed by atoms with van der Waals surface area (Å²) in [6.45, 7) is 4.35. The number of hydrogen-bond acceptors (Lipinski definition) is 6. The summed E-state index contributed by atoms with van der Waals surface area (Å²) in [5, 5.41) is 0. The third-order valence-electron chi connectivity index (χ3n) is 10.4. The van der Waals surface area contributed by atoms with Crippen LogP contribution in [0.5, 0.6) is 0 Å². The highest BCUT2D eigenvalue weighted by atomic mass is 16.7. The third-order valence-corrected chi connectivity index (χ3v) is 10.4. The molecule has 2 aliphatic rings. The van der Waals surface area contributed by atoms with Crippen LogP contribution in [0.4, 0.5) is 0 Å². The van der Waals surface area contributed by atoms with Gasteiger partial charge in [0.1, 0.15) is 30.5 Å². The highest BCUT2D eigenvalue weighted by molar-refractivity contribution is 5.78. The van der Waals surface area contributed by atoms with E-state index in [1.807, 2.05) is 54.6 Å². The van der Waals surface area contributed by atoms with E-state index in [-0.39, 0.29) is 6.10 Å². The van der Waals surface area contributed by atoms with E-state index >= 15 is 0 Å². The Labute approximate surface area is 321 Å². The first kappa shape index (κ1) is 38.1. The summed E-state index contributed by atoms with van der Waals surface area (Å²) in [5.74, 6) is 0. The minimum Gasteiger partial charge on any atom is -0.374 e. The van der Waals surface area contributed by atoms with Crippen LogP contribution in [-0.2, 0) is 48.2 Å². The molecule has 5 aromatic carbocycles. The first-order chi connectivity index (χ1) is 26.8. The lowest BCUT2D eigenvalue weighted by Crippen LogP contribution is -2.62. The van der Waals surface area contributed by atoms with Gasteiger partial charge >= 0.3 is 0 Å². The highest BCUT2D eigenvalue weighted by Gasteiger charge is 2.50. The molecule has 54 heavy (non-hydrogen) atoms. The molecule has 7 rings (SSSR count). The van der Waals surface area contributed by atoms with Gasteiger partial charge in [0.05, 0.1) is 26.4 Å². The first-order valence-electron chi connectivity index (χ1n) is 19.8. The maximum Gasteiger partial charge on any atom is 0.186 e. The zero-order chi connectivity index (χ0) is 36.8. The Morgan fingerprint density at radius 2 is 0.981 bits per heavy atom. The van der Waals surface area contributed by atoms with Gasteiger partial charge in [-0.3, -0.25) is 0 Å². The summed E-state index contributed by atoms with van der Waals surface area (Å²) >= 11 is 0. The van der Waals surface area contributed by atoms with Gasteiger partial charge in [0.15, 0.2) is 6.29 Å². The van der Waals surface area contributed by atoms with Gasteiger partial charge in [0, 0.05) is 6.61 Å². The number of hydrogen-bond donors (Lipinski definition) is 0. The second kappa shape index (κ2) is 20.0. The monoisotopic (exact) mass is 726 g/mol. The molecule has 1 aliphatic carbocycles. The van der Waals surface area contributed by atoms with Crippen molar-refractivity contribution in [1.82, 2.24) is 0 Å². The van der Waals surface area contributed by atoms with E-state index < -0.39 is 30.7 Å². The van der Waals surface area contributed by atoms with Crippen molar-refractivity contribution in [1.29, 1.82) is 0 Å². The van der Waals surface area contributed by atoms with Crippen LogP contribution in [0, 0.1) is 0 Å². The molecule has 0 aromatic heterocycles. The van der Waals surface area contributed by atoms with Crippen molar-refractivity contribution in [3.05, 3.63) is 167 Å². The van der Waals surface area contributed by atoms with E-state index in [4.69, 9.17) is 28.4 Å². The van der Waals surface area contributed by atoms with E-state index in [1.54, 1.807) is 0 Å². The van der Waals surface area contributed by atoms with Crippen LogP contribution < -0.4 is 0 Å². The first-order valence-corrected chi connectivity index (χ1v) is 19.8. The molecule has 5 atom stereocenters. The summed E-state index contributed by atoms with van der Waals surface area (Å²) in [6, 6.07) is 47.8. The quantitative estimate of drug-likeness (QED) is 0.0745. The summed E-state index contributed by atoms with van der Waals surface area (Å²) in [5.41, 5.74) is 7.87. The maximum atomic E-state index is 7.34. The van der Waals surface area contributed by atoms with Crippen molar-refractivity contribution in [2.75, 3.05) is 13.2 Å². The van der Waals surface area contributed by atoms with Gasteiger partial charge in [-0.1, -0.05) is 179 Å². The molecule has 0 saturated carbocycles. The van der Waals surface area contributed by atoms with Gasteiger partial charge in [-0.25, -0.2) is 0 Å². The second-order valence-corrected chi connectivity index (χ2v) is 14.4. The molecule has 5 aromatic rings. The van der Waals surface area contributed by atoms with Crippen molar-refractivity contribution in [2.24, 2.45) is 0 Å². The Bertz CT molecular complexity index is 1770. The third kappa shape index (κ3) is 9.93. The van der Waals surface area contributed by atoms with Crippen LogP contribution in [0.1, 0.15) is 79.4 Å². The molecule has 1 heterocycles. The molecule has 0 spiro atoms. The standard InChI is InChI=1S/C48H54O6/c1-2-3-4-5-6-20-31-50-48-47(54-44-41-29-18-16-27-39(41)40-28-17-19-30-42(40)44)46(52-34-38-25-14-9-15-26-38)45(51-33-37-23-12-8-13-24-37)43(53-48)35-49-32-36-21-10-7-11-22-36/h7-19,21-30,43-48H,2-6,20,31-35H2,1H3/t43-,45-,46+,47-,48+/m1/s1. The molecule has 0 amide bonds. The molecular weight excluding hydrogens is 673 g/mol. The van der Waals surface area contributed by atoms with Crippen molar-refractivity contribution in [3.8, 4) is 11.1 Å². The summed E-state index contributed by atoms with van der Waals surface area (Å²) < 4.78 is 41.3. The lowest BCUT2D eigenvalue weighted by Gasteiger charge is -2.46. The largest absolute Gasteiger partial charge is 0.374 e. The van der Waals surface area contributed by atoms with E-state index in [2.05, 4.69) is 91.9 Å². The van der Waals surface area contributed by atoms with Crippen LogP contribution in [-0.4, -0.2) is 43.9 Å². The van der Waals surface area contributed by atoms with Gasteiger partial charge in [0.2, 0.25) is 0 Å². The minimum atomic E-state index is -0.705. The molecule has 0 bridgehead atoms. The number of unbranched alkanes of at least 4 members (excludes halogenated alkanes) is 5. The topological polar surface area (TPSA) is 55.4 Å². The molecule has 1 aliphatic heterocycles. The predicted octanol–water partition coefficient (Wildman–Crippen LogP) is 10.6. The van der Waals surface area contributed by atoms with Gasteiger partial charge in [-0.05, 0) is 45.4 Å². The fourth-order valence-electron chi connectivity index (χ4n) is 7.58. The van der Waals surface area contributed by atoms with Gasteiger partial charge in [-0.15, -0.1) is 0 Å². The molecule has 6 nitrogen and oxygen atoms in total. The molecular formula is C48H54O6. The molecule has 6 heteroatoms. The van der Waals surface area contributed by atoms with E-state index in [1.165, 1.54) is 36.8 Å². The second-order valence-electron chi connectivity index (χ2n) is 14.4. The number of rotatable bonds is 20. The van der Waals surface area contributed by atoms with Crippen LogP contribution in [0.2, 0.25) is 0 Å². The zero-order valence-corrected chi connectivity index (χ0v) is 31.5. The lowest BCUT2D eigenvalue weighted by atomic mass is 9.97. The van der Waals surface area contributed by atoms with Gasteiger partial charge < -0.3 is 28.4 Å². The SMILES string of the molecule is CCCCCCCCO[C@H]1O[C@H](COCc2ccccc2)[C@@H](OCc2ccccc2)[C@H](OCc2ccccc2)[C@H]1OC1c2ccccc2-c2ccccc21. The predicted molar refractivity (Wildman–Crippen MR) is 213 cm³/mol. The zero-order valence-electron chi connectivity index (χ0n) is 31.5. The lowest BCUT2D eigenvalue weighted by molar-refractivity contribution is -0.331. The Morgan fingerprint density at radius 1 is 0.481 bits per heavy atom. The summed E-state index contributed by atoms with van der Waals surface area (Å²) in [4.78, 5) is 0. The molecule has 1 saturated heterocycles. The minimum absolute atomic E-state index is 0.304. The van der Waals surface area contributed by atoms with Crippen LogP contribution in [0.15, 0.2) is 140 Å². The maximum absolute atomic E-state index is 7.34.